The number of hydrogen-bond donors (Lipinski definition) is 0. The number of rotatable bonds is 4. The fraction of sp³-hybridized carbons (Fsp3) is 0.571. The lowest BCUT2D eigenvalue weighted by molar-refractivity contribution is 0.123. The third-order valence-electron chi connectivity index (χ3n) is 4.75. The highest BCUT2D eigenvalue weighted by molar-refractivity contribution is 7.93. The van der Waals surface area contributed by atoms with E-state index in [2.05, 4.69) is 4.98 Å². The Morgan fingerprint density at radius 1 is 1.46 bits per heavy atom. The molecular weight excluding hydrogens is 354 g/mol. The van der Waals surface area contributed by atoms with Crippen LogP contribution in [0.1, 0.15) is 12.0 Å². The van der Waals surface area contributed by atoms with Crippen molar-refractivity contribution < 1.29 is 21.6 Å². The molecule has 2 aliphatic rings. The number of sulfonamides is 1. The van der Waals surface area contributed by atoms with Crippen molar-refractivity contribution in [3.05, 3.63) is 23.9 Å². The molecular formula is C14H17N3O5S2. The molecule has 0 bridgehead atoms. The second kappa shape index (κ2) is 5.68. The van der Waals surface area contributed by atoms with Gasteiger partial charge in [-0.25, -0.2) is 21.8 Å². The van der Waals surface area contributed by atoms with Crippen molar-refractivity contribution >= 4 is 19.9 Å². The van der Waals surface area contributed by atoms with Crippen LogP contribution >= 0.6 is 0 Å². The zero-order valence-electron chi connectivity index (χ0n) is 13.0. The molecule has 1 aromatic rings. The maximum atomic E-state index is 12.4. The van der Waals surface area contributed by atoms with Gasteiger partial charge in [0, 0.05) is 31.3 Å². The predicted octanol–water partition coefficient (Wildman–Crippen LogP) is -0.219. The molecule has 0 N–H and O–H groups in total. The lowest BCUT2D eigenvalue weighted by atomic mass is 9.85. The average molecular weight is 371 g/mol. The standard InChI is InChI=1S/C14H17N3O5S2/c1-23(18,19)17-9-14(10-17)12(4-5-24(14,20)21)8-22-13-3-2-11(6-15)7-16-13/h2-3,7,12H,4-5,8-10H2,1H3. The van der Waals surface area contributed by atoms with E-state index in [1.807, 2.05) is 6.07 Å². The highest BCUT2D eigenvalue weighted by Gasteiger charge is 2.63. The molecule has 130 valence electrons. The first kappa shape index (κ1) is 17.1. The summed E-state index contributed by atoms with van der Waals surface area (Å²) in [6.07, 6.45) is 2.90. The molecule has 2 saturated heterocycles. The van der Waals surface area contributed by atoms with Crippen LogP contribution in [0.3, 0.4) is 0 Å². The van der Waals surface area contributed by atoms with Crippen LogP contribution < -0.4 is 4.74 Å². The minimum atomic E-state index is -3.39. The molecule has 2 aliphatic heterocycles. The van der Waals surface area contributed by atoms with Crippen LogP contribution in [0.15, 0.2) is 18.3 Å². The van der Waals surface area contributed by atoms with Gasteiger partial charge in [-0.1, -0.05) is 0 Å². The minimum Gasteiger partial charge on any atom is -0.477 e. The second-order valence-electron chi connectivity index (χ2n) is 6.21. The van der Waals surface area contributed by atoms with E-state index in [9.17, 15) is 16.8 Å². The van der Waals surface area contributed by atoms with Gasteiger partial charge in [-0.2, -0.15) is 9.57 Å². The van der Waals surface area contributed by atoms with Gasteiger partial charge in [-0.15, -0.1) is 0 Å². The molecule has 0 aliphatic carbocycles. The largest absolute Gasteiger partial charge is 0.477 e. The molecule has 1 spiro atoms. The average Bonchev–Trinajstić information content (AvgIpc) is 2.74. The van der Waals surface area contributed by atoms with Gasteiger partial charge in [0.1, 0.15) is 10.8 Å². The Morgan fingerprint density at radius 2 is 2.17 bits per heavy atom. The van der Waals surface area contributed by atoms with Gasteiger partial charge in [0.05, 0.1) is 24.2 Å². The summed E-state index contributed by atoms with van der Waals surface area (Å²) >= 11 is 0. The topological polar surface area (TPSA) is 117 Å². The molecule has 24 heavy (non-hydrogen) atoms. The number of nitriles is 1. The van der Waals surface area contributed by atoms with E-state index < -0.39 is 24.6 Å². The van der Waals surface area contributed by atoms with Crippen LogP contribution in [0.2, 0.25) is 0 Å². The molecule has 3 rings (SSSR count). The molecule has 8 nitrogen and oxygen atoms in total. The summed E-state index contributed by atoms with van der Waals surface area (Å²) in [7, 11) is -6.75. The smallest absolute Gasteiger partial charge is 0.213 e. The molecule has 0 saturated carbocycles. The first-order valence-corrected chi connectivity index (χ1v) is 10.8. The number of nitrogens with zero attached hydrogens (tertiary/aromatic N) is 3. The molecule has 0 radical (unpaired) electrons. The molecule has 10 heteroatoms. The van der Waals surface area contributed by atoms with Gasteiger partial charge in [0.2, 0.25) is 15.9 Å². The molecule has 2 fully saturated rings. The van der Waals surface area contributed by atoms with Crippen molar-refractivity contribution in [2.45, 2.75) is 11.2 Å². The Bertz CT molecular complexity index is 881. The normalized spacial score (nSPS) is 25.1. The molecule has 3 heterocycles. The highest BCUT2D eigenvalue weighted by atomic mass is 32.2. The minimum absolute atomic E-state index is 0.0109. The first-order valence-electron chi connectivity index (χ1n) is 7.34. The monoisotopic (exact) mass is 371 g/mol. The van der Waals surface area contributed by atoms with E-state index >= 15 is 0 Å². The van der Waals surface area contributed by atoms with Crippen LogP contribution in [0.25, 0.3) is 0 Å². The van der Waals surface area contributed by atoms with Gasteiger partial charge >= 0.3 is 0 Å². The summed E-state index contributed by atoms with van der Waals surface area (Å²) in [5.41, 5.74) is 0.407. The van der Waals surface area contributed by atoms with E-state index in [0.29, 0.717) is 17.9 Å². The molecule has 1 unspecified atom stereocenters. The number of aromatic nitrogens is 1. The number of ether oxygens (including phenoxy) is 1. The van der Waals surface area contributed by atoms with Crippen molar-refractivity contribution in [1.82, 2.24) is 9.29 Å². The van der Waals surface area contributed by atoms with Gasteiger partial charge < -0.3 is 4.74 Å². The Morgan fingerprint density at radius 3 is 2.71 bits per heavy atom. The summed E-state index contributed by atoms with van der Waals surface area (Å²) in [6.45, 7) is 0.127. The summed E-state index contributed by atoms with van der Waals surface area (Å²) in [5, 5.41) is 8.74. The lowest BCUT2D eigenvalue weighted by Gasteiger charge is -2.48. The Balaban J connectivity index is 1.72. The quantitative estimate of drug-likeness (QED) is 0.718. The fourth-order valence-electron chi connectivity index (χ4n) is 3.21. The number of sulfone groups is 1. The van der Waals surface area contributed by atoms with Gasteiger partial charge in [-0.3, -0.25) is 0 Å². The second-order valence-corrected chi connectivity index (χ2v) is 10.6. The maximum absolute atomic E-state index is 12.4. The predicted molar refractivity (Wildman–Crippen MR) is 85.5 cm³/mol. The van der Waals surface area contributed by atoms with Crippen molar-refractivity contribution in [2.24, 2.45) is 5.92 Å². The van der Waals surface area contributed by atoms with Crippen molar-refractivity contribution in [3.8, 4) is 11.9 Å². The van der Waals surface area contributed by atoms with Crippen molar-refractivity contribution in [3.63, 3.8) is 0 Å². The third kappa shape index (κ3) is 2.76. The van der Waals surface area contributed by atoms with E-state index in [1.54, 1.807) is 12.1 Å². The van der Waals surface area contributed by atoms with Gasteiger partial charge in [0.15, 0.2) is 9.84 Å². The Hall–Kier alpha value is -1.70. The molecule has 0 aromatic carbocycles. The lowest BCUT2D eigenvalue weighted by Crippen LogP contribution is -2.68. The van der Waals surface area contributed by atoms with E-state index in [0.717, 1.165) is 6.26 Å². The summed E-state index contributed by atoms with van der Waals surface area (Å²) < 4.78 is 53.7. The van der Waals surface area contributed by atoms with Crippen LogP contribution in [0.5, 0.6) is 5.88 Å². The van der Waals surface area contributed by atoms with Crippen molar-refractivity contribution in [2.75, 3.05) is 31.7 Å². The summed E-state index contributed by atoms with van der Waals surface area (Å²) in [5.74, 6) is 0.0741. The zero-order valence-corrected chi connectivity index (χ0v) is 14.7. The summed E-state index contributed by atoms with van der Waals surface area (Å²) in [4.78, 5) is 3.99. The van der Waals surface area contributed by atoms with Crippen LogP contribution in [-0.4, -0.2) is 62.6 Å². The maximum Gasteiger partial charge on any atom is 0.213 e. The SMILES string of the molecule is CS(=O)(=O)N1CC2(C1)C(COc1ccc(C#N)cn1)CCS2(=O)=O. The van der Waals surface area contributed by atoms with Crippen LogP contribution in [0.4, 0.5) is 0 Å². The first-order chi connectivity index (χ1) is 11.2. The van der Waals surface area contributed by atoms with Crippen LogP contribution in [0, 0.1) is 17.2 Å². The van der Waals surface area contributed by atoms with Gasteiger partial charge in [-0.05, 0) is 12.5 Å². The van der Waals surface area contributed by atoms with Crippen LogP contribution in [-0.2, 0) is 19.9 Å². The Labute approximate surface area is 141 Å². The molecule has 1 aromatic heterocycles. The van der Waals surface area contributed by atoms with E-state index in [-0.39, 0.29) is 31.4 Å². The highest BCUT2D eigenvalue weighted by Crippen LogP contribution is 2.45. The van der Waals surface area contributed by atoms with Crippen molar-refractivity contribution in [1.29, 1.82) is 5.26 Å². The van der Waals surface area contributed by atoms with E-state index in [4.69, 9.17) is 10.00 Å². The van der Waals surface area contributed by atoms with E-state index in [1.165, 1.54) is 10.5 Å². The Kier molecular flexibility index (Phi) is 4.06. The fourth-order valence-corrected chi connectivity index (χ4v) is 6.70. The molecule has 1 atom stereocenters. The summed E-state index contributed by atoms with van der Waals surface area (Å²) in [6, 6.07) is 5.07. The molecule has 0 amide bonds. The number of pyridine rings is 1. The third-order valence-corrected chi connectivity index (χ3v) is 8.55. The zero-order chi connectivity index (χ0) is 17.6. The van der Waals surface area contributed by atoms with Gasteiger partial charge in [0.25, 0.3) is 0 Å². The number of hydrogen-bond acceptors (Lipinski definition) is 7.